The number of hydrogen-bond acceptors (Lipinski definition) is 11. The minimum atomic E-state index is -1.20. The molecule has 232 valence electrons. The highest BCUT2D eigenvalue weighted by Gasteiger charge is 2.32. The average molecular weight is 611 g/mol. The van der Waals surface area contributed by atoms with Crippen LogP contribution in [0.15, 0.2) is 40.9 Å². The van der Waals surface area contributed by atoms with Gasteiger partial charge in [0.25, 0.3) is 5.69 Å². The number of pyridine rings is 1. The highest BCUT2D eigenvalue weighted by molar-refractivity contribution is 6.15. The second-order valence-electron chi connectivity index (χ2n) is 10.4. The summed E-state index contributed by atoms with van der Waals surface area (Å²) in [7, 11) is 5.64. The van der Waals surface area contributed by atoms with Crippen LogP contribution in [0.2, 0.25) is 0 Å². The van der Waals surface area contributed by atoms with Gasteiger partial charge in [-0.2, -0.15) is 0 Å². The van der Waals surface area contributed by atoms with Gasteiger partial charge in [0.1, 0.15) is 17.1 Å². The van der Waals surface area contributed by atoms with Crippen molar-refractivity contribution in [1.29, 1.82) is 0 Å². The molecule has 0 bridgehead atoms. The Morgan fingerprint density at radius 1 is 1.09 bits per heavy atom. The zero-order valence-electron chi connectivity index (χ0n) is 24.9. The molecule has 1 saturated heterocycles. The van der Waals surface area contributed by atoms with E-state index in [0.29, 0.717) is 5.39 Å². The molecule has 2 aromatic heterocycles. The predicted molar refractivity (Wildman–Crippen MR) is 162 cm³/mol. The Morgan fingerprint density at radius 2 is 1.75 bits per heavy atom. The van der Waals surface area contributed by atoms with E-state index in [9.17, 15) is 14.9 Å². The number of nitro groups is 1. The summed E-state index contributed by atoms with van der Waals surface area (Å²) in [6.45, 7) is 6.35. The van der Waals surface area contributed by atoms with Crippen LogP contribution < -0.4 is 24.6 Å². The lowest BCUT2D eigenvalue weighted by Gasteiger charge is -2.35. The third-order valence-corrected chi connectivity index (χ3v) is 7.63. The number of ketones is 1. The van der Waals surface area contributed by atoms with E-state index in [1.807, 2.05) is 6.07 Å². The normalized spacial score (nSPS) is 13.7. The fourth-order valence-electron chi connectivity index (χ4n) is 5.29. The number of rotatable bonds is 10. The zero-order chi connectivity index (χ0) is 31.7. The molecular formula is C30H32F2N6O6. The molecule has 0 unspecified atom stereocenters. The Labute approximate surface area is 251 Å². The van der Waals surface area contributed by atoms with Crippen LogP contribution in [-0.4, -0.2) is 81.6 Å². The first kappa shape index (κ1) is 30.5. The number of nitrogens with one attached hydrogen (secondary N) is 1. The number of ether oxygens (including phenoxy) is 2. The monoisotopic (exact) mass is 610 g/mol. The van der Waals surface area contributed by atoms with Crippen molar-refractivity contribution in [1.82, 2.24) is 9.88 Å². The van der Waals surface area contributed by atoms with Gasteiger partial charge in [-0.25, -0.2) is 13.8 Å². The molecule has 0 atom stereocenters. The maximum absolute atomic E-state index is 15.2. The predicted octanol–water partition coefficient (Wildman–Crippen LogP) is 5.21. The van der Waals surface area contributed by atoms with E-state index in [2.05, 4.69) is 27.0 Å². The van der Waals surface area contributed by atoms with E-state index in [-0.39, 0.29) is 45.7 Å². The van der Waals surface area contributed by atoms with Crippen LogP contribution in [-0.2, 0) is 0 Å². The Morgan fingerprint density at radius 3 is 2.32 bits per heavy atom. The van der Waals surface area contributed by atoms with E-state index < -0.39 is 27.9 Å². The number of carbonyl (C=O) groups excluding carboxylic acids is 1. The van der Waals surface area contributed by atoms with Crippen molar-refractivity contribution in [2.24, 2.45) is 0 Å². The van der Waals surface area contributed by atoms with Crippen LogP contribution in [0.25, 0.3) is 11.0 Å². The minimum Gasteiger partial charge on any atom is -0.494 e. The van der Waals surface area contributed by atoms with Crippen molar-refractivity contribution in [2.75, 3.05) is 76.2 Å². The molecule has 1 aliphatic rings. The SMILES string of the molecule is CCN1CCN(c2ccc(Nc3cc4c(N(C)C)c(C(=O)c5c(F)c(OC)cc(OC)c5F)oc4cn3)c([N+](=O)[O-])c2)CC1. The van der Waals surface area contributed by atoms with Crippen LogP contribution >= 0.6 is 0 Å². The number of furan rings is 1. The van der Waals surface area contributed by atoms with Gasteiger partial charge in [-0.3, -0.25) is 14.9 Å². The molecule has 1 N–H and O–H groups in total. The fraction of sp³-hybridized carbons (Fsp3) is 0.333. The second-order valence-corrected chi connectivity index (χ2v) is 10.4. The summed E-state index contributed by atoms with van der Waals surface area (Å²) >= 11 is 0. The Kier molecular flexibility index (Phi) is 8.54. The van der Waals surface area contributed by atoms with Crippen LogP contribution in [0.5, 0.6) is 11.5 Å². The number of fused-ring (bicyclic) bond motifs is 1. The quantitative estimate of drug-likeness (QED) is 0.144. The highest BCUT2D eigenvalue weighted by Crippen LogP contribution is 2.39. The molecule has 5 rings (SSSR count). The van der Waals surface area contributed by atoms with E-state index in [0.717, 1.165) is 44.5 Å². The number of nitrogens with zero attached hydrogens (tertiary/aromatic N) is 5. The van der Waals surface area contributed by atoms with Crippen molar-refractivity contribution in [2.45, 2.75) is 6.92 Å². The second kappa shape index (κ2) is 12.3. The number of anilines is 4. The summed E-state index contributed by atoms with van der Waals surface area (Å²) < 4.78 is 46.1. The van der Waals surface area contributed by atoms with Gasteiger partial charge in [-0.05, 0) is 24.7 Å². The molecule has 0 spiro atoms. The largest absolute Gasteiger partial charge is 0.494 e. The van der Waals surface area contributed by atoms with Crippen LogP contribution in [0.4, 0.5) is 37.3 Å². The number of aromatic nitrogens is 1. The van der Waals surface area contributed by atoms with Crippen LogP contribution in [0.1, 0.15) is 23.0 Å². The standard InChI is InChI=1S/C30H32F2N6O6/c1-6-36-9-11-37(12-10-36)17-7-8-19(20(13-17)38(40)41)34-24-14-18-23(16-33-24)44-30(28(18)35(2)3)29(39)25-26(31)21(42-4)15-22(43-5)27(25)32/h7-8,13-16H,6,9-12H2,1-5H3,(H,33,34). The molecule has 4 aromatic rings. The van der Waals surface area contributed by atoms with Crippen LogP contribution in [0.3, 0.4) is 0 Å². The molecule has 2 aromatic carbocycles. The summed E-state index contributed by atoms with van der Waals surface area (Å²) in [5.74, 6) is -4.34. The Bertz CT molecular complexity index is 1710. The number of nitro benzene ring substituents is 1. The first-order chi connectivity index (χ1) is 21.1. The van der Waals surface area contributed by atoms with E-state index in [1.165, 1.54) is 26.5 Å². The first-order valence-electron chi connectivity index (χ1n) is 13.8. The molecule has 1 fully saturated rings. The number of piperazine rings is 1. The highest BCUT2D eigenvalue weighted by atomic mass is 19.1. The van der Waals surface area contributed by atoms with Gasteiger partial charge in [-0.1, -0.05) is 6.92 Å². The van der Waals surface area contributed by atoms with Gasteiger partial charge in [0, 0.05) is 63.5 Å². The zero-order valence-corrected chi connectivity index (χ0v) is 24.9. The van der Waals surface area contributed by atoms with Crippen LogP contribution in [0, 0.1) is 21.7 Å². The summed E-state index contributed by atoms with van der Waals surface area (Å²) in [5.41, 5.74) is 0.332. The molecule has 12 nitrogen and oxygen atoms in total. The molecule has 0 amide bonds. The average Bonchev–Trinajstić information content (AvgIpc) is 3.40. The molecule has 0 radical (unpaired) electrons. The maximum Gasteiger partial charge on any atom is 0.294 e. The lowest BCUT2D eigenvalue weighted by molar-refractivity contribution is -0.383. The minimum absolute atomic E-state index is 0.129. The first-order valence-corrected chi connectivity index (χ1v) is 13.8. The van der Waals surface area contributed by atoms with E-state index >= 15 is 8.78 Å². The summed E-state index contributed by atoms with van der Waals surface area (Å²) in [5, 5.41) is 15.4. The topological polar surface area (TPSA) is 126 Å². The Hall–Kier alpha value is -4.98. The van der Waals surface area contributed by atoms with Gasteiger partial charge < -0.3 is 33.9 Å². The third kappa shape index (κ3) is 5.55. The molecule has 14 heteroatoms. The number of hydrogen-bond donors (Lipinski definition) is 1. The number of halogens is 2. The third-order valence-electron chi connectivity index (χ3n) is 7.63. The van der Waals surface area contributed by atoms with Crippen molar-refractivity contribution in [3.05, 3.63) is 69.6 Å². The number of methoxy groups -OCH3 is 2. The maximum atomic E-state index is 15.2. The van der Waals surface area contributed by atoms with Gasteiger partial charge in [0.2, 0.25) is 5.78 Å². The van der Waals surface area contributed by atoms with Gasteiger partial charge in [0.05, 0.1) is 31.0 Å². The molecule has 44 heavy (non-hydrogen) atoms. The lowest BCUT2D eigenvalue weighted by atomic mass is 10.0. The van der Waals surface area contributed by atoms with Gasteiger partial charge in [0.15, 0.2) is 34.5 Å². The molecule has 1 aliphatic heterocycles. The number of benzene rings is 2. The molecule has 0 saturated carbocycles. The molecular weight excluding hydrogens is 578 g/mol. The lowest BCUT2D eigenvalue weighted by Crippen LogP contribution is -2.46. The summed E-state index contributed by atoms with van der Waals surface area (Å²) in [6, 6.07) is 7.54. The Balaban J connectivity index is 1.51. The van der Waals surface area contributed by atoms with Gasteiger partial charge >= 0.3 is 0 Å². The fourth-order valence-corrected chi connectivity index (χ4v) is 5.29. The molecule has 0 aliphatic carbocycles. The molecule has 3 heterocycles. The van der Waals surface area contributed by atoms with E-state index in [1.54, 1.807) is 31.1 Å². The number of likely N-dealkylation sites (N-methyl/N-ethyl adjacent to an activating group) is 1. The summed E-state index contributed by atoms with van der Waals surface area (Å²) in [6.07, 6.45) is 1.33. The summed E-state index contributed by atoms with van der Waals surface area (Å²) in [4.78, 5) is 35.5. The number of carbonyl (C=O) groups is 1. The smallest absolute Gasteiger partial charge is 0.294 e. The van der Waals surface area contributed by atoms with Crippen molar-refractivity contribution in [3.8, 4) is 11.5 Å². The van der Waals surface area contributed by atoms with Crippen molar-refractivity contribution in [3.63, 3.8) is 0 Å². The van der Waals surface area contributed by atoms with Crippen molar-refractivity contribution < 1.29 is 32.4 Å². The van der Waals surface area contributed by atoms with Crippen molar-refractivity contribution >= 4 is 45.3 Å². The van der Waals surface area contributed by atoms with E-state index in [4.69, 9.17) is 13.9 Å². The van der Waals surface area contributed by atoms with Gasteiger partial charge in [-0.15, -0.1) is 0 Å².